The quantitative estimate of drug-likeness (QED) is 0.316. The van der Waals surface area contributed by atoms with Crippen LogP contribution in [0.5, 0.6) is 5.75 Å². The van der Waals surface area contributed by atoms with Gasteiger partial charge in [-0.1, -0.05) is 11.2 Å². The van der Waals surface area contributed by atoms with Crippen LogP contribution in [0.1, 0.15) is 25.1 Å². The molecule has 0 bridgehead atoms. The van der Waals surface area contributed by atoms with Gasteiger partial charge in [0, 0.05) is 52.3 Å². The highest BCUT2D eigenvalue weighted by atomic mass is 127. The number of amides is 1. The van der Waals surface area contributed by atoms with Gasteiger partial charge in [0.15, 0.2) is 5.96 Å². The summed E-state index contributed by atoms with van der Waals surface area (Å²) in [5.74, 6) is 1.40. The molecule has 1 aromatic carbocycles. The lowest BCUT2D eigenvalue weighted by Crippen LogP contribution is -2.52. The standard InChI is InChI=1S/C21H30N6O3.HI/c1-4-22-21(27-10-8-26(9-11-27)15-18-7-12-30-25-18)23-14-17-5-6-20(29-3)19(13-17)24-16(2)28;/h5-7,12-13H,4,8-11,14-15H2,1-3H3,(H,22,23)(H,24,28);1H. The third-order valence-electron chi connectivity index (χ3n) is 4.87. The van der Waals surface area contributed by atoms with E-state index in [0.29, 0.717) is 18.0 Å². The highest BCUT2D eigenvalue weighted by Gasteiger charge is 2.20. The number of carbonyl (C=O) groups is 1. The Balaban J connectivity index is 0.00000341. The zero-order valence-corrected chi connectivity index (χ0v) is 20.6. The molecule has 0 spiro atoms. The second kappa shape index (κ2) is 12.5. The Bertz CT molecular complexity index is 851. The molecule has 0 radical (unpaired) electrons. The molecule has 10 heteroatoms. The Morgan fingerprint density at radius 2 is 2.03 bits per heavy atom. The number of nitrogens with one attached hydrogen (secondary N) is 2. The average molecular weight is 542 g/mol. The smallest absolute Gasteiger partial charge is 0.221 e. The SMILES string of the molecule is CCNC(=NCc1ccc(OC)c(NC(C)=O)c1)N1CCN(Cc2ccon2)CC1.I. The predicted octanol–water partition coefficient (Wildman–Crippen LogP) is 2.54. The Morgan fingerprint density at radius 1 is 1.26 bits per heavy atom. The number of hydrogen-bond acceptors (Lipinski definition) is 6. The van der Waals surface area contributed by atoms with Gasteiger partial charge in [0.05, 0.1) is 25.0 Å². The van der Waals surface area contributed by atoms with Crippen LogP contribution in [-0.4, -0.2) is 66.7 Å². The molecule has 0 aliphatic carbocycles. The molecule has 0 atom stereocenters. The summed E-state index contributed by atoms with van der Waals surface area (Å²) in [6.45, 7) is 9.33. The van der Waals surface area contributed by atoms with Crippen LogP contribution in [0.2, 0.25) is 0 Å². The third kappa shape index (κ3) is 7.39. The fourth-order valence-corrected chi connectivity index (χ4v) is 3.40. The summed E-state index contributed by atoms with van der Waals surface area (Å²) in [7, 11) is 1.59. The van der Waals surface area contributed by atoms with Crippen molar-refractivity contribution in [2.45, 2.75) is 26.9 Å². The summed E-state index contributed by atoms with van der Waals surface area (Å²) < 4.78 is 10.2. The molecule has 1 aromatic heterocycles. The first-order chi connectivity index (χ1) is 14.6. The Morgan fingerprint density at radius 3 is 2.65 bits per heavy atom. The summed E-state index contributed by atoms with van der Waals surface area (Å²) in [5, 5.41) is 10.2. The molecule has 2 aromatic rings. The summed E-state index contributed by atoms with van der Waals surface area (Å²) >= 11 is 0. The average Bonchev–Trinajstić information content (AvgIpc) is 3.24. The van der Waals surface area contributed by atoms with Crippen LogP contribution in [0.3, 0.4) is 0 Å². The van der Waals surface area contributed by atoms with Gasteiger partial charge in [-0.15, -0.1) is 24.0 Å². The van der Waals surface area contributed by atoms with Crippen LogP contribution >= 0.6 is 24.0 Å². The molecule has 1 saturated heterocycles. The fourth-order valence-electron chi connectivity index (χ4n) is 3.40. The van der Waals surface area contributed by atoms with E-state index in [1.807, 2.05) is 24.3 Å². The van der Waals surface area contributed by atoms with Crippen LogP contribution in [0.25, 0.3) is 0 Å². The number of guanidine groups is 1. The number of halogens is 1. The van der Waals surface area contributed by atoms with E-state index in [9.17, 15) is 4.79 Å². The van der Waals surface area contributed by atoms with E-state index < -0.39 is 0 Å². The first kappa shape index (κ1) is 24.9. The number of rotatable bonds is 7. The van der Waals surface area contributed by atoms with Crippen LogP contribution < -0.4 is 15.4 Å². The number of ether oxygens (including phenoxy) is 1. The van der Waals surface area contributed by atoms with E-state index >= 15 is 0 Å². The molecule has 170 valence electrons. The highest BCUT2D eigenvalue weighted by molar-refractivity contribution is 14.0. The minimum absolute atomic E-state index is 0. The lowest BCUT2D eigenvalue weighted by molar-refractivity contribution is -0.114. The number of piperazine rings is 1. The number of aromatic nitrogens is 1. The number of anilines is 1. The Kier molecular flexibility index (Phi) is 10.0. The first-order valence-corrected chi connectivity index (χ1v) is 10.2. The molecule has 0 saturated carbocycles. The first-order valence-electron chi connectivity index (χ1n) is 10.2. The second-order valence-electron chi connectivity index (χ2n) is 7.14. The van der Waals surface area contributed by atoms with Crippen molar-refractivity contribution in [3.05, 3.63) is 41.8 Å². The van der Waals surface area contributed by atoms with E-state index in [4.69, 9.17) is 14.3 Å². The normalized spacial score (nSPS) is 14.7. The molecular weight excluding hydrogens is 511 g/mol. The van der Waals surface area contributed by atoms with E-state index in [0.717, 1.165) is 56.5 Å². The molecule has 2 heterocycles. The number of methoxy groups -OCH3 is 1. The van der Waals surface area contributed by atoms with Gasteiger partial charge >= 0.3 is 0 Å². The molecule has 3 rings (SSSR count). The van der Waals surface area contributed by atoms with Crippen molar-refractivity contribution in [1.29, 1.82) is 0 Å². The zero-order chi connectivity index (χ0) is 21.3. The monoisotopic (exact) mass is 542 g/mol. The van der Waals surface area contributed by atoms with Crippen molar-refractivity contribution in [1.82, 2.24) is 20.3 Å². The van der Waals surface area contributed by atoms with E-state index in [-0.39, 0.29) is 29.9 Å². The van der Waals surface area contributed by atoms with Gasteiger partial charge in [0.25, 0.3) is 0 Å². The van der Waals surface area contributed by atoms with E-state index in [1.54, 1.807) is 13.4 Å². The van der Waals surface area contributed by atoms with E-state index in [1.165, 1.54) is 6.92 Å². The number of hydrogen-bond donors (Lipinski definition) is 2. The van der Waals surface area contributed by atoms with Crippen molar-refractivity contribution in [2.75, 3.05) is 45.2 Å². The Hall–Kier alpha value is -2.34. The van der Waals surface area contributed by atoms with Crippen molar-refractivity contribution in [3.63, 3.8) is 0 Å². The van der Waals surface area contributed by atoms with Gasteiger partial charge in [-0.3, -0.25) is 9.69 Å². The predicted molar refractivity (Wildman–Crippen MR) is 131 cm³/mol. The molecule has 1 aliphatic heterocycles. The zero-order valence-electron chi connectivity index (χ0n) is 18.3. The molecule has 0 unspecified atom stereocenters. The van der Waals surface area contributed by atoms with Crippen LogP contribution in [-0.2, 0) is 17.9 Å². The van der Waals surface area contributed by atoms with Gasteiger partial charge < -0.3 is 24.8 Å². The molecule has 1 aliphatic rings. The number of aliphatic imine (C=N–C) groups is 1. The minimum atomic E-state index is -0.134. The molecule has 1 amide bonds. The van der Waals surface area contributed by atoms with Crippen LogP contribution in [0.15, 0.2) is 40.0 Å². The minimum Gasteiger partial charge on any atom is -0.495 e. The molecular formula is C21H31IN6O3. The summed E-state index contributed by atoms with van der Waals surface area (Å²) in [6, 6.07) is 7.63. The van der Waals surface area contributed by atoms with E-state index in [2.05, 4.69) is 32.5 Å². The highest BCUT2D eigenvalue weighted by Crippen LogP contribution is 2.25. The van der Waals surface area contributed by atoms with Crippen molar-refractivity contribution >= 4 is 41.5 Å². The Labute approximate surface area is 200 Å². The van der Waals surface area contributed by atoms with Crippen LogP contribution in [0, 0.1) is 0 Å². The molecule has 1 fully saturated rings. The summed E-state index contributed by atoms with van der Waals surface area (Å²) in [6.07, 6.45) is 1.61. The van der Waals surface area contributed by atoms with Gasteiger partial charge in [-0.05, 0) is 24.6 Å². The summed E-state index contributed by atoms with van der Waals surface area (Å²) in [4.78, 5) is 20.9. The maximum atomic E-state index is 11.5. The van der Waals surface area contributed by atoms with Gasteiger partial charge in [-0.2, -0.15) is 0 Å². The fraction of sp³-hybridized carbons (Fsp3) is 0.476. The maximum absolute atomic E-state index is 11.5. The molecule has 31 heavy (non-hydrogen) atoms. The molecule has 2 N–H and O–H groups in total. The van der Waals surface area contributed by atoms with Crippen molar-refractivity contribution in [2.24, 2.45) is 4.99 Å². The lowest BCUT2D eigenvalue weighted by atomic mass is 10.2. The number of benzene rings is 1. The molecule has 9 nitrogen and oxygen atoms in total. The maximum Gasteiger partial charge on any atom is 0.221 e. The summed E-state index contributed by atoms with van der Waals surface area (Å²) in [5.41, 5.74) is 2.61. The van der Waals surface area contributed by atoms with Crippen molar-refractivity contribution < 1.29 is 14.1 Å². The van der Waals surface area contributed by atoms with Gasteiger partial charge in [0.2, 0.25) is 5.91 Å². The van der Waals surface area contributed by atoms with Gasteiger partial charge in [-0.25, -0.2) is 4.99 Å². The largest absolute Gasteiger partial charge is 0.495 e. The number of carbonyl (C=O) groups excluding carboxylic acids is 1. The van der Waals surface area contributed by atoms with Crippen molar-refractivity contribution in [3.8, 4) is 5.75 Å². The topological polar surface area (TPSA) is 95.2 Å². The lowest BCUT2D eigenvalue weighted by Gasteiger charge is -2.36. The van der Waals surface area contributed by atoms with Gasteiger partial charge in [0.1, 0.15) is 12.0 Å². The number of nitrogens with zero attached hydrogens (tertiary/aromatic N) is 4. The third-order valence-corrected chi connectivity index (χ3v) is 4.87. The second-order valence-corrected chi connectivity index (χ2v) is 7.14. The van der Waals surface area contributed by atoms with Crippen LogP contribution in [0.4, 0.5) is 5.69 Å².